The molecule has 1 heterocycles. The molecule has 0 radical (unpaired) electrons. The Morgan fingerprint density at radius 1 is 1.48 bits per heavy atom. The van der Waals surface area contributed by atoms with E-state index in [1.165, 1.54) is 18.2 Å². The Morgan fingerprint density at radius 2 is 2.19 bits per heavy atom. The monoisotopic (exact) mass is 353 g/mol. The summed E-state index contributed by atoms with van der Waals surface area (Å²) >= 11 is 3.20. The number of halogens is 1. The first-order valence-electron chi connectivity index (χ1n) is 6.03. The van der Waals surface area contributed by atoms with Gasteiger partial charge in [-0.15, -0.1) is 0 Å². The highest BCUT2D eigenvalue weighted by Crippen LogP contribution is 2.22. The van der Waals surface area contributed by atoms with Crippen molar-refractivity contribution < 1.29 is 14.1 Å². The van der Waals surface area contributed by atoms with Crippen molar-refractivity contribution in [1.29, 1.82) is 0 Å². The van der Waals surface area contributed by atoms with Gasteiger partial charge in [-0.2, -0.15) is 0 Å². The Labute approximate surface area is 128 Å². The van der Waals surface area contributed by atoms with Crippen LogP contribution in [0.15, 0.2) is 27.1 Å². The normalized spacial score (nSPS) is 10.4. The molecule has 21 heavy (non-hydrogen) atoms. The molecule has 0 unspecified atom stereocenters. The lowest BCUT2D eigenvalue weighted by Crippen LogP contribution is -2.23. The Morgan fingerprint density at radius 3 is 2.76 bits per heavy atom. The first-order chi connectivity index (χ1) is 9.88. The predicted octanol–water partition coefficient (Wildman–Crippen LogP) is 2.89. The van der Waals surface area contributed by atoms with Crippen LogP contribution in [0.5, 0.6) is 0 Å². The molecule has 0 aliphatic carbocycles. The van der Waals surface area contributed by atoms with Crippen LogP contribution in [-0.4, -0.2) is 15.8 Å². The summed E-state index contributed by atoms with van der Waals surface area (Å²) in [6, 6.07) is 4.00. The summed E-state index contributed by atoms with van der Waals surface area (Å²) in [5, 5.41) is 13.4. The zero-order chi connectivity index (χ0) is 15.6. The highest BCUT2D eigenvalue weighted by molar-refractivity contribution is 9.10. The third-order valence-electron chi connectivity index (χ3n) is 2.88. The Hall–Kier alpha value is -2.22. The second-order valence-electron chi connectivity index (χ2n) is 4.35. The summed E-state index contributed by atoms with van der Waals surface area (Å²) in [5.41, 5.74) is 0.797. The molecule has 0 saturated carbocycles. The van der Waals surface area contributed by atoms with Crippen LogP contribution in [-0.2, 0) is 6.54 Å². The predicted molar refractivity (Wildman–Crippen MR) is 77.9 cm³/mol. The summed E-state index contributed by atoms with van der Waals surface area (Å²) in [4.78, 5) is 26.4. The summed E-state index contributed by atoms with van der Waals surface area (Å²) in [6.45, 7) is 3.70. The van der Waals surface area contributed by atoms with E-state index in [-0.39, 0.29) is 17.8 Å². The highest BCUT2D eigenvalue weighted by Gasteiger charge is 2.16. The van der Waals surface area contributed by atoms with Gasteiger partial charge in [-0.25, -0.2) is 4.98 Å². The van der Waals surface area contributed by atoms with Gasteiger partial charge in [-0.1, -0.05) is 0 Å². The van der Waals surface area contributed by atoms with Crippen LogP contribution in [0.25, 0.3) is 0 Å². The number of oxazole rings is 1. The van der Waals surface area contributed by atoms with E-state index < -0.39 is 10.8 Å². The Kier molecular flexibility index (Phi) is 4.37. The van der Waals surface area contributed by atoms with Gasteiger partial charge >= 0.3 is 0 Å². The summed E-state index contributed by atoms with van der Waals surface area (Å²) in [5.74, 6) is 0.634. The lowest BCUT2D eigenvalue weighted by molar-refractivity contribution is -0.384. The first-order valence-corrected chi connectivity index (χ1v) is 6.83. The zero-order valence-corrected chi connectivity index (χ0v) is 12.9. The number of carbonyl (C=O) groups excluding carboxylic acids is 1. The van der Waals surface area contributed by atoms with E-state index in [2.05, 4.69) is 26.2 Å². The standard InChI is InChI=1S/C13H12BrN3O4/c1-7-8(2)21-12(16-7)6-15-13(18)10-5-9(17(19)20)3-4-11(10)14/h3-5H,6H2,1-2H3,(H,15,18). The molecule has 110 valence electrons. The third-order valence-corrected chi connectivity index (χ3v) is 3.57. The number of rotatable bonds is 4. The van der Waals surface area contributed by atoms with Gasteiger partial charge in [-0.3, -0.25) is 14.9 Å². The van der Waals surface area contributed by atoms with E-state index in [4.69, 9.17) is 4.42 Å². The summed E-state index contributed by atoms with van der Waals surface area (Å²) in [7, 11) is 0. The number of aryl methyl sites for hydroxylation is 2. The van der Waals surface area contributed by atoms with Crippen LogP contribution in [0.3, 0.4) is 0 Å². The van der Waals surface area contributed by atoms with Crippen molar-refractivity contribution in [1.82, 2.24) is 10.3 Å². The quantitative estimate of drug-likeness (QED) is 0.672. The van der Waals surface area contributed by atoms with E-state index >= 15 is 0 Å². The first kappa shape index (κ1) is 15.2. The largest absolute Gasteiger partial charge is 0.444 e. The molecular formula is C13H12BrN3O4. The van der Waals surface area contributed by atoms with Crippen molar-refractivity contribution in [3.05, 3.63) is 55.7 Å². The second-order valence-corrected chi connectivity index (χ2v) is 5.21. The molecule has 0 aliphatic heterocycles. The lowest BCUT2D eigenvalue weighted by Gasteiger charge is -2.05. The molecule has 7 nitrogen and oxygen atoms in total. The lowest BCUT2D eigenvalue weighted by atomic mass is 10.2. The number of non-ortho nitro benzene ring substituents is 1. The van der Waals surface area contributed by atoms with Gasteiger partial charge in [0, 0.05) is 16.6 Å². The molecule has 1 N–H and O–H groups in total. The molecule has 8 heteroatoms. The van der Waals surface area contributed by atoms with E-state index in [1.54, 1.807) is 13.8 Å². The number of carbonyl (C=O) groups is 1. The second kappa shape index (κ2) is 6.04. The van der Waals surface area contributed by atoms with Crippen molar-refractivity contribution in [2.75, 3.05) is 0 Å². The Balaban J connectivity index is 2.13. The minimum Gasteiger partial charge on any atom is -0.444 e. The molecule has 1 aromatic heterocycles. The Bertz CT molecular complexity index is 692. The molecule has 2 aromatic rings. The summed E-state index contributed by atoms with van der Waals surface area (Å²) in [6.07, 6.45) is 0. The van der Waals surface area contributed by atoms with Crippen molar-refractivity contribution in [2.24, 2.45) is 0 Å². The van der Waals surface area contributed by atoms with Gasteiger partial charge < -0.3 is 9.73 Å². The molecule has 0 fully saturated rings. The molecule has 0 saturated heterocycles. The van der Waals surface area contributed by atoms with E-state index in [0.717, 1.165) is 5.69 Å². The average molecular weight is 354 g/mol. The van der Waals surface area contributed by atoms with Gasteiger partial charge in [0.1, 0.15) is 5.76 Å². The number of amides is 1. The molecule has 0 atom stereocenters. The minimum atomic E-state index is -0.552. The number of hydrogen-bond acceptors (Lipinski definition) is 5. The van der Waals surface area contributed by atoms with E-state index in [0.29, 0.717) is 16.1 Å². The van der Waals surface area contributed by atoms with Crippen LogP contribution in [0.4, 0.5) is 5.69 Å². The van der Waals surface area contributed by atoms with Crippen LogP contribution >= 0.6 is 15.9 Å². The topological polar surface area (TPSA) is 98.3 Å². The van der Waals surface area contributed by atoms with Gasteiger partial charge in [0.05, 0.1) is 22.7 Å². The number of benzene rings is 1. The molecule has 0 bridgehead atoms. The smallest absolute Gasteiger partial charge is 0.270 e. The van der Waals surface area contributed by atoms with Gasteiger partial charge in [0.2, 0.25) is 5.89 Å². The van der Waals surface area contributed by atoms with E-state index in [9.17, 15) is 14.9 Å². The maximum absolute atomic E-state index is 12.1. The fraction of sp³-hybridized carbons (Fsp3) is 0.231. The van der Waals surface area contributed by atoms with Crippen molar-refractivity contribution in [3.8, 4) is 0 Å². The van der Waals surface area contributed by atoms with Gasteiger partial charge in [0.25, 0.3) is 11.6 Å². The maximum Gasteiger partial charge on any atom is 0.270 e. The zero-order valence-electron chi connectivity index (χ0n) is 11.3. The van der Waals surface area contributed by atoms with Crippen LogP contribution < -0.4 is 5.32 Å². The highest BCUT2D eigenvalue weighted by atomic mass is 79.9. The van der Waals surface area contributed by atoms with E-state index in [1.807, 2.05) is 0 Å². The number of hydrogen-bond donors (Lipinski definition) is 1. The SMILES string of the molecule is Cc1nc(CNC(=O)c2cc([N+](=O)[O-])ccc2Br)oc1C. The molecule has 0 spiro atoms. The fourth-order valence-corrected chi connectivity index (χ4v) is 2.09. The fourth-order valence-electron chi connectivity index (χ4n) is 1.67. The van der Waals surface area contributed by atoms with Gasteiger partial charge in [0.15, 0.2) is 0 Å². The number of nitro groups is 1. The van der Waals surface area contributed by atoms with Gasteiger partial charge in [-0.05, 0) is 35.8 Å². The number of nitrogens with one attached hydrogen (secondary N) is 1. The van der Waals surface area contributed by atoms with Crippen molar-refractivity contribution >= 4 is 27.5 Å². The molecule has 1 amide bonds. The average Bonchev–Trinajstić information content (AvgIpc) is 2.75. The van der Waals surface area contributed by atoms with Crippen LogP contribution in [0.2, 0.25) is 0 Å². The van der Waals surface area contributed by atoms with Crippen LogP contribution in [0, 0.1) is 24.0 Å². The van der Waals surface area contributed by atoms with Crippen LogP contribution in [0.1, 0.15) is 27.7 Å². The van der Waals surface area contributed by atoms with Crippen molar-refractivity contribution in [2.45, 2.75) is 20.4 Å². The maximum atomic E-state index is 12.1. The number of aromatic nitrogens is 1. The number of nitro benzene ring substituents is 1. The molecular weight excluding hydrogens is 342 g/mol. The van der Waals surface area contributed by atoms with Crippen molar-refractivity contribution in [3.63, 3.8) is 0 Å². The summed E-state index contributed by atoms with van der Waals surface area (Å²) < 4.78 is 5.82. The molecule has 1 aromatic carbocycles. The number of nitrogens with zero attached hydrogens (tertiary/aromatic N) is 2. The molecule has 0 aliphatic rings. The molecule has 2 rings (SSSR count). The third kappa shape index (κ3) is 3.46. The minimum absolute atomic E-state index is 0.114.